The van der Waals surface area contributed by atoms with Crippen molar-refractivity contribution in [3.05, 3.63) is 48.3 Å². The molecule has 0 spiro atoms. The molecule has 30 heavy (non-hydrogen) atoms. The summed E-state index contributed by atoms with van der Waals surface area (Å²) in [7, 11) is 1.83. The summed E-state index contributed by atoms with van der Waals surface area (Å²) >= 11 is 0. The highest BCUT2D eigenvalue weighted by Crippen LogP contribution is 2.16. The fourth-order valence-corrected chi connectivity index (χ4v) is 3.12. The number of aliphatic imine (C=N–C) groups is 1. The lowest BCUT2D eigenvalue weighted by atomic mass is 10.2. The molecule has 1 saturated heterocycles. The minimum Gasteiger partial charge on any atom is -0.357 e. The lowest BCUT2D eigenvalue weighted by Crippen LogP contribution is -2.55. The molecule has 0 radical (unpaired) electrons. The van der Waals surface area contributed by atoms with E-state index >= 15 is 0 Å². The average molecular weight is 525 g/mol. The Bertz CT molecular complexity index is 869. The van der Waals surface area contributed by atoms with Crippen molar-refractivity contribution in [2.75, 3.05) is 44.2 Å². The van der Waals surface area contributed by atoms with Gasteiger partial charge < -0.3 is 20.4 Å². The molecule has 1 aromatic carbocycles. The van der Waals surface area contributed by atoms with E-state index in [1.165, 1.54) is 0 Å². The first-order valence-electron chi connectivity index (χ1n) is 9.74. The number of amides is 2. The standard InChI is InChI=1S/C20H27N7O2.HI/c1-3-21-20(23-10-9-22-19(29)16-7-5-4-6-8-16)26-11-12-27(18(28)15-26)17-13-24-25(2)14-17;/h4-8,13-14H,3,9-12,15H2,1-2H3,(H,21,23)(H,22,29);1H. The van der Waals surface area contributed by atoms with Crippen molar-refractivity contribution < 1.29 is 9.59 Å². The molecule has 9 nitrogen and oxygen atoms in total. The van der Waals surface area contributed by atoms with Crippen molar-refractivity contribution in [2.45, 2.75) is 6.92 Å². The number of anilines is 1. The smallest absolute Gasteiger partial charge is 0.251 e. The van der Waals surface area contributed by atoms with Gasteiger partial charge in [-0.1, -0.05) is 18.2 Å². The zero-order valence-corrected chi connectivity index (χ0v) is 19.6. The summed E-state index contributed by atoms with van der Waals surface area (Å²) in [5, 5.41) is 10.2. The number of aryl methyl sites for hydroxylation is 1. The first kappa shape index (κ1) is 23.6. The number of guanidine groups is 1. The van der Waals surface area contributed by atoms with Crippen molar-refractivity contribution in [2.24, 2.45) is 12.0 Å². The van der Waals surface area contributed by atoms with Crippen molar-refractivity contribution in [1.29, 1.82) is 0 Å². The van der Waals surface area contributed by atoms with Crippen LogP contribution in [-0.2, 0) is 11.8 Å². The van der Waals surface area contributed by atoms with Gasteiger partial charge in [0.2, 0.25) is 5.91 Å². The summed E-state index contributed by atoms with van der Waals surface area (Å²) in [6.45, 7) is 5.02. The third-order valence-electron chi connectivity index (χ3n) is 4.55. The summed E-state index contributed by atoms with van der Waals surface area (Å²) in [6, 6.07) is 9.09. The number of carbonyl (C=O) groups excluding carboxylic acids is 2. The highest BCUT2D eigenvalue weighted by atomic mass is 127. The number of hydrogen-bond acceptors (Lipinski definition) is 4. The summed E-state index contributed by atoms with van der Waals surface area (Å²) in [5.41, 5.74) is 1.43. The number of hydrogen-bond donors (Lipinski definition) is 2. The zero-order chi connectivity index (χ0) is 20.6. The normalized spacial score (nSPS) is 14.3. The molecule has 0 aliphatic carbocycles. The summed E-state index contributed by atoms with van der Waals surface area (Å²) in [4.78, 5) is 33.0. The lowest BCUT2D eigenvalue weighted by Gasteiger charge is -2.35. The Labute approximate surface area is 193 Å². The van der Waals surface area contributed by atoms with Crippen LogP contribution in [-0.4, -0.2) is 71.7 Å². The SMILES string of the molecule is CCNC(=NCCNC(=O)c1ccccc1)N1CCN(c2cnn(C)c2)C(=O)C1.I. The second-order valence-electron chi connectivity index (χ2n) is 6.70. The molecular formula is C20H28IN7O2. The topological polar surface area (TPSA) is 94.9 Å². The van der Waals surface area contributed by atoms with Crippen LogP contribution in [0.4, 0.5) is 5.69 Å². The fourth-order valence-electron chi connectivity index (χ4n) is 3.12. The largest absolute Gasteiger partial charge is 0.357 e. The second kappa shape index (κ2) is 11.5. The van der Waals surface area contributed by atoms with Gasteiger partial charge in [-0.2, -0.15) is 5.10 Å². The van der Waals surface area contributed by atoms with Crippen molar-refractivity contribution >= 4 is 47.4 Å². The molecule has 2 amide bonds. The third kappa shape index (κ3) is 6.18. The van der Waals surface area contributed by atoms with Gasteiger partial charge in [0.1, 0.15) is 6.54 Å². The predicted octanol–water partition coefficient (Wildman–Crippen LogP) is 1.08. The Morgan fingerprint density at radius 2 is 1.97 bits per heavy atom. The Balaban J connectivity index is 0.00000320. The van der Waals surface area contributed by atoms with Gasteiger partial charge in [0.05, 0.1) is 18.4 Å². The van der Waals surface area contributed by atoms with E-state index in [0.29, 0.717) is 44.2 Å². The third-order valence-corrected chi connectivity index (χ3v) is 4.55. The van der Waals surface area contributed by atoms with Gasteiger partial charge in [0, 0.05) is 45.0 Å². The first-order chi connectivity index (χ1) is 14.1. The number of piperazine rings is 1. The maximum Gasteiger partial charge on any atom is 0.251 e. The highest BCUT2D eigenvalue weighted by molar-refractivity contribution is 14.0. The molecule has 2 aromatic rings. The molecule has 2 N–H and O–H groups in total. The van der Waals surface area contributed by atoms with Crippen LogP contribution in [0.5, 0.6) is 0 Å². The van der Waals surface area contributed by atoms with Crippen LogP contribution >= 0.6 is 24.0 Å². The van der Waals surface area contributed by atoms with Gasteiger partial charge in [-0.3, -0.25) is 19.3 Å². The van der Waals surface area contributed by atoms with E-state index in [1.54, 1.807) is 27.9 Å². The van der Waals surface area contributed by atoms with Gasteiger partial charge in [-0.25, -0.2) is 0 Å². The molecule has 3 rings (SSSR count). The number of nitrogens with one attached hydrogen (secondary N) is 2. The molecule has 2 heterocycles. The van der Waals surface area contributed by atoms with E-state index in [1.807, 2.05) is 43.3 Å². The number of aromatic nitrogens is 2. The second-order valence-corrected chi connectivity index (χ2v) is 6.70. The van der Waals surface area contributed by atoms with Gasteiger partial charge in [0.15, 0.2) is 5.96 Å². The monoisotopic (exact) mass is 525 g/mol. The first-order valence-corrected chi connectivity index (χ1v) is 9.74. The molecule has 0 atom stereocenters. The van der Waals surface area contributed by atoms with Crippen molar-refractivity contribution in [3.63, 3.8) is 0 Å². The molecule has 162 valence electrons. The maximum atomic E-state index is 12.6. The fraction of sp³-hybridized carbons (Fsp3) is 0.400. The van der Waals surface area contributed by atoms with Crippen LogP contribution in [0.1, 0.15) is 17.3 Å². The van der Waals surface area contributed by atoms with E-state index in [4.69, 9.17) is 0 Å². The van der Waals surface area contributed by atoms with Crippen LogP contribution in [0.3, 0.4) is 0 Å². The van der Waals surface area contributed by atoms with Crippen LogP contribution in [0.25, 0.3) is 0 Å². The summed E-state index contributed by atoms with van der Waals surface area (Å²) in [5.74, 6) is 0.568. The van der Waals surface area contributed by atoms with Gasteiger partial charge in [-0.05, 0) is 19.1 Å². The van der Waals surface area contributed by atoms with Gasteiger partial charge in [0.25, 0.3) is 5.91 Å². The summed E-state index contributed by atoms with van der Waals surface area (Å²) < 4.78 is 1.68. The molecule has 1 aliphatic rings. The van der Waals surface area contributed by atoms with Crippen LogP contribution < -0.4 is 15.5 Å². The molecule has 0 bridgehead atoms. The van der Waals surface area contributed by atoms with Crippen LogP contribution in [0.2, 0.25) is 0 Å². The molecule has 1 aromatic heterocycles. The van der Waals surface area contributed by atoms with Crippen molar-refractivity contribution in [1.82, 2.24) is 25.3 Å². The van der Waals surface area contributed by atoms with E-state index in [9.17, 15) is 9.59 Å². The van der Waals surface area contributed by atoms with E-state index in [-0.39, 0.29) is 42.3 Å². The van der Waals surface area contributed by atoms with Crippen LogP contribution in [0, 0.1) is 0 Å². The Morgan fingerprint density at radius 3 is 2.60 bits per heavy atom. The van der Waals surface area contributed by atoms with Gasteiger partial charge >= 0.3 is 0 Å². The van der Waals surface area contributed by atoms with Crippen LogP contribution in [0.15, 0.2) is 47.7 Å². The number of benzene rings is 1. The lowest BCUT2D eigenvalue weighted by molar-refractivity contribution is -0.120. The van der Waals surface area contributed by atoms with Crippen molar-refractivity contribution in [3.8, 4) is 0 Å². The number of rotatable bonds is 6. The van der Waals surface area contributed by atoms with E-state index < -0.39 is 0 Å². The minimum absolute atomic E-state index is 0. The average Bonchev–Trinajstić information content (AvgIpc) is 3.16. The van der Waals surface area contributed by atoms with Gasteiger partial charge in [-0.15, -0.1) is 24.0 Å². The summed E-state index contributed by atoms with van der Waals surface area (Å²) in [6.07, 6.45) is 3.53. The Hall–Kier alpha value is -2.63. The Kier molecular flexibility index (Phi) is 9.09. The maximum absolute atomic E-state index is 12.6. The van der Waals surface area contributed by atoms with E-state index in [0.717, 1.165) is 5.69 Å². The molecule has 0 saturated carbocycles. The Morgan fingerprint density at radius 1 is 1.20 bits per heavy atom. The molecule has 1 aliphatic heterocycles. The molecule has 1 fully saturated rings. The number of halogens is 1. The number of carbonyl (C=O) groups is 2. The van der Waals surface area contributed by atoms with E-state index in [2.05, 4.69) is 20.7 Å². The molecule has 0 unspecified atom stereocenters. The zero-order valence-electron chi connectivity index (χ0n) is 17.2. The molecule has 10 heteroatoms. The highest BCUT2D eigenvalue weighted by Gasteiger charge is 2.27. The number of nitrogens with zero attached hydrogens (tertiary/aromatic N) is 5. The quantitative estimate of drug-likeness (QED) is 0.255. The predicted molar refractivity (Wildman–Crippen MR) is 127 cm³/mol. The minimum atomic E-state index is -0.119. The molecular weight excluding hydrogens is 497 g/mol.